The Bertz CT molecular complexity index is 1810. The Kier molecular flexibility index (Phi) is 9.40. The summed E-state index contributed by atoms with van der Waals surface area (Å²) in [4.78, 5) is 29.8. The predicted octanol–water partition coefficient (Wildman–Crippen LogP) is 6.91. The number of aryl methyl sites for hydroxylation is 1. The van der Waals surface area contributed by atoms with E-state index < -0.39 is 15.6 Å². The maximum absolute atomic E-state index is 14.6. The molecule has 2 bridgehead atoms. The quantitative estimate of drug-likeness (QED) is 0.310. The molecule has 0 N–H and O–H groups in total. The van der Waals surface area contributed by atoms with Crippen LogP contribution in [-0.2, 0) is 35.8 Å². The van der Waals surface area contributed by atoms with Crippen LogP contribution in [0.3, 0.4) is 0 Å². The SMILES string of the molecule is CO[C@H]1/C=C/C[C@H](C)C[S@@](=O)(CC(=O)CC2[C@H]3COC[C@@H]23)=NC(=O)c2ccc3c(c2)N(C[C@@H]2CC[C@H]21)C[C@@]1(CCCc2cc(Cl)ccc21)CO3. The van der Waals surface area contributed by atoms with Gasteiger partial charge in [0, 0.05) is 48.4 Å². The van der Waals surface area contributed by atoms with Gasteiger partial charge in [0.05, 0.1) is 47.1 Å². The molecule has 10 heteroatoms. The molecule has 0 radical (unpaired) electrons. The molecule has 2 saturated carbocycles. The van der Waals surface area contributed by atoms with E-state index >= 15 is 0 Å². The van der Waals surface area contributed by atoms with Crippen molar-refractivity contribution in [2.75, 3.05) is 56.4 Å². The second-order valence-electron chi connectivity index (χ2n) is 16.0. The van der Waals surface area contributed by atoms with Crippen LogP contribution in [0.1, 0.15) is 66.9 Å². The van der Waals surface area contributed by atoms with Gasteiger partial charge in [-0.25, -0.2) is 4.21 Å². The second kappa shape index (κ2) is 13.7. The highest BCUT2D eigenvalue weighted by molar-refractivity contribution is 7.94. The van der Waals surface area contributed by atoms with Crippen LogP contribution < -0.4 is 9.64 Å². The maximum atomic E-state index is 14.6. The molecule has 1 spiro atoms. The van der Waals surface area contributed by atoms with Crippen LogP contribution in [-0.4, -0.2) is 73.5 Å². The van der Waals surface area contributed by atoms with Crippen LogP contribution in [0.2, 0.25) is 5.02 Å². The molecule has 50 heavy (non-hydrogen) atoms. The van der Waals surface area contributed by atoms with Crippen molar-refractivity contribution in [3.63, 3.8) is 0 Å². The van der Waals surface area contributed by atoms with Crippen LogP contribution in [0.15, 0.2) is 52.9 Å². The summed E-state index contributed by atoms with van der Waals surface area (Å²) in [6.07, 6.45) is 10.6. The van der Waals surface area contributed by atoms with E-state index in [0.717, 1.165) is 61.7 Å². The Morgan fingerprint density at radius 2 is 1.98 bits per heavy atom. The van der Waals surface area contributed by atoms with Crippen molar-refractivity contribution in [1.29, 1.82) is 0 Å². The Hall–Kier alpha value is -2.72. The number of ether oxygens (including phenoxy) is 3. The molecule has 3 fully saturated rings. The maximum Gasteiger partial charge on any atom is 0.285 e. The molecule has 8 rings (SSSR count). The third kappa shape index (κ3) is 6.68. The summed E-state index contributed by atoms with van der Waals surface area (Å²) in [5, 5.41) is 0.754. The number of halogens is 1. The van der Waals surface area contributed by atoms with E-state index in [1.54, 1.807) is 13.2 Å². The number of Topliss-reactive ketones (excluding diaryl/α,β-unsaturated/α-hetero) is 1. The van der Waals surface area contributed by atoms with Crippen molar-refractivity contribution in [3.8, 4) is 5.75 Å². The molecule has 6 aliphatic rings. The number of nitrogens with zero attached hydrogens (tertiary/aromatic N) is 2. The third-order valence-corrected chi connectivity index (χ3v) is 15.1. The average molecular weight is 721 g/mol. The predicted molar refractivity (Wildman–Crippen MR) is 196 cm³/mol. The molecular formula is C40H49ClN2O6S. The summed E-state index contributed by atoms with van der Waals surface area (Å²) >= 11 is 6.46. The summed E-state index contributed by atoms with van der Waals surface area (Å²) in [5.41, 5.74) is 3.58. The zero-order valence-electron chi connectivity index (χ0n) is 29.2. The zero-order valence-corrected chi connectivity index (χ0v) is 30.8. The molecule has 0 aromatic heterocycles. The number of hydrogen-bond acceptors (Lipinski definition) is 7. The smallest absolute Gasteiger partial charge is 0.285 e. The van der Waals surface area contributed by atoms with Gasteiger partial charge in [-0.05, 0) is 115 Å². The van der Waals surface area contributed by atoms with Crippen molar-refractivity contribution in [3.05, 3.63) is 70.3 Å². The van der Waals surface area contributed by atoms with Crippen molar-refractivity contribution in [2.45, 2.75) is 63.4 Å². The van der Waals surface area contributed by atoms with E-state index in [4.69, 9.17) is 25.8 Å². The number of benzene rings is 2. The largest absolute Gasteiger partial charge is 0.490 e. The van der Waals surface area contributed by atoms with Gasteiger partial charge in [-0.1, -0.05) is 36.7 Å². The number of anilines is 1. The van der Waals surface area contributed by atoms with Crippen molar-refractivity contribution < 1.29 is 28.0 Å². The molecule has 3 aliphatic heterocycles. The number of rotatable bonds is 5. The normalized spacial score (nSPS) is 36.9. The molecule has 2 aromatic rings. The standard InChI is InChI=1S/C40H49ClN2O6S/c1-25-5-3-7-37(47-2)31-11-8-28(31)18-43-23-40(14-4-6-26-15-29(41)10-12-35(26)40)24-49-38-13-9-27(16-36(38)43)39(45)42-50(46,21-25)22-30(44)17-32-33-19-48-20-34(32)33/h3,7,9-10,12-13,15-16,25,28,31-34,37H,4-6,8,11,14,17-24H2,1-2H3/b7-3+/t25-,28-,31+,32?,33-,34+,37-,40-,50+/m0/s1. The van der Waals surface area contributed by atoms with Gasteiger partial charge in [0.15, 0.2) is 0 Å². The first-order chi connectivity index (χ1) is 24.1. The first-order valence-electron chi connectivity index (χ1n) is 18.5. The Morgan fingerprint density at radius 1 is 1.14 bits per heavy atom. The number of hydrogen-bond donors (Lipinski definition) is 0. The Morgan fingerprint density at radius 3 is 2.76 bits per heavy atom. The molecule has 9 atom stereocenters. The highest BCUT2D eigenvalue weighted by Gasteiger charge is 2.54. The van der Waals surface area contributed by atoms with Gasteiger partial charge in [-0.15, -0.1) is 0 Å². The minimum absolute atomic E-state index is 0.0198. The topological polar surface area (TPSA) is 94.5 Å². The number of fused-ring (bicyclic) bond motifs is 5. The molecule has 268 valence electrons. The third-order valence-electron chi connectivity index (χ3n) is 12.5. The van der Waals surface area contributed by atoms with Gasteiger partial charge in [0.25, 0.3) is 5.91 Å². The minimum Gasteiger partial charge on any atom is -0.490 e. The average Bonchev–Trinajstić information content (AvgIpc) is 3.50. The number of allylic oxidation sites excluding steroid dienone is 1. The minimum atomic E-state index is -3.16. The zero-order chi connectivity index (χ0) is 34.6. The fraction of sp³-hybridized carbons (Fsp3) is 0.600. The monoisotopic (exact) mass is 720 g/mol. The summed E-state index contributed by atoms with van der Waals surface area (Å²) in [5.74, 6) is 2.05. The van der Waals surface area contributed by atoms with E-state index in [9.17, 15) is 13.8 Å². The highest BCUT2D eigenvalue weighted by Crippen LogP contribution is 2.53. The van der Waals surface area contributed by atoms with E-state index in [1.807, 2.05) is 25.1 Å². The fourth-order valence-electron chi connectivity index (χ4n) is 9.71. The molecule has 3 aliphatic carbocycles. The molecule has 3 heterocycles. The number of carbonyl (C=O) groups is 2. The van der Waals surface area contributed by atoms with Crippen LogP contribution >= 0.6 is 11.6 Å². The van der Waals surface area contributed by atoms with Crippen molar-refractivity contribution in [1.82, 2.24) is 0 Å². The molecule has 1 unspecified atom stereocenters. The van der Waals surface area contributed by atoms with Crippen LogP contribution in [0.5, 0.6) is 5.75 Å². The second-order valence-corrected chi connectivity index (χ2v) is 18.8. The van der Waals surface area contributed by atoms with Gasteiger partial charge in [0.1, 0.15) is 11.5 Å². The van der Waals surface area contributed by atoms with Crippen LogP contribution in [0.4, 0.5) is 5.69 Å². The first-order valence-corrected chi connectivity index (χ1v) is 20.7. The van der Waals surface area contributed by atoms with E-state index in [2.05, 4.69) is 33.5 Å². The van der Waals surface area contributed by atoms with Gasteiger partial charge < -0.3 is 19.1 Å². The highest BCUT2D eigenvalue weighted by atomic mass is 35.5. The Balaban J connectivity index is 1.16. The number of ketones is 1. The van der Waals surface area contributed by atoms with Crippen LogP contribution in [0.25, 0.3) is 0 Å². The van der Waals surface area contributed by atoms with E-state index in [0.29, 0.717) is 67.8 Å². The van der Waals surface area contributed by atoms with Crippen molar-refractivity contribution in [2.24, 2.45) is 39.9 Å². The van der Waals surface area contributed by atoms with Gasteiger partial charge in [-0.3, -0.25) is 9.59 Å². The molecular weight excluding hydrogens is 672 g/mol. The molecule has 1 saturated heterocycles. The molecule has 1 amide bonds. The van der Waals surface area contributed by atoms with Gasteiger partial charge in [0.2, 0.25) is 0 Å². The first kappa shape index (κ1) is 34.4. The molecule has 2 aromatic carbocycles. The fourth-order valence-corrected chi connectivity index (χ4v) is 12.2. The summed E-state index contributed by atoms with van der Waals surface area (Å²) < 4.78 is 37.3. The van der Waals surface area contributed by atoms with Crippen LogP contribution in [0, 0.1) is 35.5 Å². The lowest BCUT2D eigenvalue weighted by atomic mass is 9.68. The lowest BCUT2D eigenvalue weighted by Gasteiger charge is -2.46. The number of amides is 1. The van der Waals surface area contributed by atoms with Crippen molar-refractivity contribution >= 4 is 38.7 Å². The summed E-state index contributed by atoms with van der Waals surface area (Å²) in [6, 6.07) is 11.8. The van der Waals surface area contributed by atoms with E-state index in [1.165, 1.54) is 11.1 Å². The number of carbonyl (C=O) groups excluding carboxylic acids is 2. The van der Waals surface area contributed by atoms with Gasteiger partial charge >= 0.3 is 0 Å². The Labute approximate surface area is 301 Å². The molecule has 8 nitrogen and oxygen atoms in total. The van der Waals surface area contributed by atoms with Gasteiger partial charge in [-0.2, -0.15) is 4.36 Å². The lowest BCUT2D eigenvalue weighted by Crippen LogP contribution is -2.49. The lowest BCUT2D eigenvalue weighted by molar-refractivity contribution is -0.117. The van der Waals surface area contributed by atoms with E-state index in [-0.39, 0.29) is 34.7 Å². The number of methoxy groups -OCH3 is 1. The summed E-state index contributed by atoms with van der Waals surface area (Å²) in [7, 11) is -1.37. The summed E-state index contributed by atoms with van der Waals surface area (Å²) in [6.45, 7) is 5.52.